The third-order valence-electron chi connectivity index (χ3n) is 2.75. The van der Waals surface area contributed by atoms with Gasteiger partial charge in [-0.2, -0.15) is 0 Å². The average Bonchev–Trinajstić information content (AvgIpc) is 2.32. The molecular formula is C8H10Br2O2. The number of esters is 1. The second-order valence-corrected chi connectivity index (χ2v) is 5.66. The monoisotopic (exact) mass is 296 g/mol. The summed E-state index contributed by atoms with van der Waals surface area (Å²) in [6.45, 7) is 0.599. The first-order valence-electron chi connectivity index (χ1n) is 4.15. The molecule has 4 unspecified atom stereocenters. The first kappa shape index (κ1) is 9.00. The van der Waals surface area contributed by atoms with Crippen LogP contribution in [0.3, 0.4) is 0 Å². The highest BCUT2D eigenvalue weighted by molar-refractivity contribution is 9.12. The lowest BCUT2D eigenvalue weighted by molar-refractivity contribution is -0.154. The molecule has 0 amide bonds. The van der Waals surface area contributed by atoms with Crippen LogP contribution in [0.5, 0.6) is 0 Å². The zero-order chi connectivity index (χ0) is 8.72. The van der Waals surface area contributed by atoms with E-state index in [1.54, 1.807) is 0 Å². The van der Waals surface area contributed by atoms with E-state index in [0.29, 0.717) is 22.2 Å². The molecule has 1 aliphatic heterocycles. The first-order chi connectivity index (χ1) is 5.70. The Labute approximate surface area is 88.3 Å². The summed E-state index contributed by atoms with van der Waals surface area (Å²) >= 11 is 7.18. The maximum atomic E-state index is 11.3. The summed E-state index contributed by atoms with van der Waals surface area (Å²) in [5, 5.41) is 0. The fourth-order valence-electron chi connectivity index (χ4n) is 2.07. The van der Waals surface area contributed by atoms with Gasteiger partial charge in [-0.15, -0.1) is 0 Å². The van der Waals surface area contributed by atoms with Crippen LogP contribution >= 0.6 is 31.9 Å². The molecule has 1 heterocycles. The van der Waals surface area contributed by atoms with E-state index in [1.165, 1.54) is 0 Å². The topological polar surface area (TPSA) is 26.3 Å². The standard InChI is InChI=1S/C8H10Br2O2/c9-6-3-5-4(7(6)10)1-2-12-8(5)11/h4-7H,1-3H2. The molecule has 0 radical (unpaired) electrons. The summed E-state index contributed by atoms with van der Waals surface area (Å²) in [4.78, 5) is 12.2. The predicted molar refractivity (Wildman–Crippen MR) is 52.6 cm³/mol. The summed E-state index contributed by atoms with van der Waals surface area (Å²) in [7, 11) is 0. The minimum Gasteiger partial charge on any atom is -0.465 e. The van der Waals surface area contributed by atoms with Crippen molar-refractivity contribution in [2.45, 2.75) is 22.5 Å². The van der Waals surface area contributed by atoms with Crippen LogP contribution in [0.1, 0.15) is 12.8 Å². The fourth-order valence-corrected chi connectivity index (χ4v) is 3.71. The molecule has 1 saturated carbocycles. The van der Waals surface area contributed by atoms with Crippen molar-refractivity contribution in [2.75, 3.05) is 6.61 Å². The number of hydrogen-bond donors (Lipinski definition) is 0. The van der Waals surface area contributed by atoms with E-state index in [1.807, 2.05) is 0 Å². The largest absolute Gasteiger partial charge is 0.465 e. The Morgan fingerprint density at radius 1 is 1.42 bits per heavy atom. The molecule has 2 nitrogen and oxygen atoms in total. The predicted octanol–water partition coefficient (Wildman–Crippen LogP) is 2.10. The van der Waals surface area contributed by atoms with Gasteiger partial charge in [0.1, 0.15) is 0 Å². The Bertz CT molecular complexity index is 207. The van der Waals surface area contributed by atoms with Crippen LogP contribution in [-0.2, 0) is 9.53 Å². The van der Waals surface area contributed by atoms with Crippen LogP contribution < -0.4 is 0 Å². The van der Waals surface area contributed by atoms with Crippen LogP contribution in [0.2, 0.25) is 0 Å². The van der Waals surface area contributed by atoms with Crippen LogP contribution in [0.4, 0.5) is 0 Å². The lowest BCUT2D eigenvalue weighted by Crippen LogP contribution is -2.31. The minimum absolute atomic E-state index is 0.00218. The Balaban J connectivity index is 2.16. The highest BCUT2D eigenvalue weighted by Gasteiger charge is 2.46. The van der Waals surface area contributed by atoms with E-state index in [0.717, 1.165) is 12.8 Å². The molecule has 0 spiro atoms. The lowest BCUT2D eigenvalue weighted by atomic mass is 9.91. The summed E-state index contributed by atoms with van der Waals surface area (Å²) in [6, 6.07) is 0. The highest BCUT2D eigenvalue weighted by atomic mass is 79.9. The fraction of sp³-hybridized carbons (Fsp3) is 0.875. The SMILES string of the molecule is O=C1OCCC2C1CC(Br)C2Br. The third kappa shape index (κ3) is 1.33. The van der Waals surface area contributed by atoms with Crippen LogP contribution in [0.25, 0.3) is 0 Å². The van der Waals surface area contributed by atoms with E-state index < -0.39 is 0 Å². The van der Waals surface area contributed by atoms with E-state index in [4.69, 9.17) is 4.74 Å². The van der Waals surface area contributed by atoms with Crippen molar-refractivity contribution in [2.24, 2.45) is 11.8 Å². The number of alkyl halides is 2. The van der Waals surface area contributed by atoms with E-state index in [2.05, 4.69) is 31.9 Å². The van der Waals surface area contributed by atoms with Crippen molar-refractivity contribution in [1.82, 2.24) is 0 Å². The summed E-state index contributed by atoms with van der Waals surface area (Å²) in [6.07, 6.45) is 1.92. The van der Waals surface area contributed by atoms with Gasteiger partial charge in [-0.3, -0.25) is 4.79 Å². The van der Waals surface area contributed by atoms with Gasteiger partial charge in [0.2, 0.25) is 0 Å². The van der Waals surface area contributed by atoms with Crippen LogP contribution in [0, 0.1) is 11.8 Å². The van der Waals surface area contributed by atoms with Crippen molar-refractivity contribution in [3.8, 4) is 0 Å². The number of hydrogen-bond acceptors (Lipinski definition) is 2. The second-order valence-electron chi connectivity index (χ2n) is 3.42. The summed E-state index contributed by atoms with van der Waals surface area (Å²) in [5.41, 5.74) is 0. The summed E-state index contributed by atoms with van der Waals surface area (Å²) in [5.74, 6) is 0.612. The van der Waals surface area contributed by atoms with Gasteiger partial charge in [-0.1, -0.05) is 31.9 Å². The zero-order valence-electron chi connectivity index (χ0n) is 6.50. The van der Waals surface area contributed by atoms with Crippen LogP contribution in [-0.4, -0.2) is 22.2 Å². The van der Waals surface area contributed by atoms with Crippen molar-refractivity contribution in [3.05, 3.63) is 0 Å². The summed E-state index contributed by atoms with van der Waals surface area (Å²) < 4.78 is 5.01. The molecule has 2 aliphatic rings. The van der Waals surface area contributed by atoms with E-state index in [-0.39, 0.29) is 11.9 Å². The molecule has 4 heteroatoms. The first-order valence-corrected chi connectivity index (χ1v) is 5.98. The smallest absolute Gasteiger partial charge is 0.309 e. The Kier molecular flexibility index (Phi) is 2.47. The van der Waals surface area contributed by atoms with Gasteiger partial charge in [-0.05, 0) is 18.8 Å². The maximum absolute atomic E-state index is 11.3. The number of rotatable bonds is 0. The van der Waals surface area contributed by atoms with Gasteiger partial charge in [0.25, 0.3) is 0 Å². The lowest BCUT2D eigenvalue weighted by Gasteiger charge is -2.25. The maximum Gasteiger partial charge on any atom is 0.309 e. The molecule has 1 saturated heterocycles. The van der Waals surface area contributed by atoms with Crippen molar-refractivity contribution in [3.63, 3.8) is 0 Å². The molecule has 0 aromatic carbocycles. The van der Waals surface area contributed by atoms with Gasteiger partial charge < -0.3 is 4.74 Å². The van der Waals surface area contributed by atoms with Crippen molar-refractivity contribution in [1.29, 1.82) is 0 Å². The molecule has 4 atom stereocenters. The number of carbonyl (C=O) groups is 1. The molecular weight excluding hydrogens is 288 g/mol. The molecule has 0 aromatic heterocycles. The van der Waals surface area contributed by atoms with Crippen molar-refractivity contribution < 1.29 is 9.53 Å². The quantitative estimate of drug-likeness (QED) is 0.506. The molecule has 0 N–H and O–H groups in total. The third-order valence-corrected chi connectivity index (χ3v) is 5.72. The molecule has 68 valence electrons. The Morgan fingerprint density at radius 3 is 2.83 bits per heavy atom. The van der Waals surface area contributed by atoms with E-state index in [9.17, 15) is 4.79 Å². The number of fused-ring (bicyclic) bond motifs is 1. The average molecular weight is 298 g/mol. The second kappa shape index (κ2) is 3.29. The highest BCUT2D eigenvalue weighted by Crippen LogP contribution is 2.44. The molecule has 2 rings (SSSR count). The van der Waals surface area contributed by atoms with E-state index >= 15 is 0 Å². The van der Waals surface area contributed by atoms with Crippen LogP contribution in [0.15, 0.2) is 0 Å². The van der Waals surface area contributed by atoms with Gasteiger partial charge in [0, 0.05) is 9.65 Å². The van der Waals surface area contributed by atoms with Gasteiger partial charge in [0.05, 0.1) is 12.5 Å². The number of carbonyl (C=O) groups excluding carboxylic acids is 1. The molecule has 1 aliphatic carbocycles. The minimum atomic E-state index is -0.00218. The number of halogens is 2. The Hall–Kier alpha value is 0.430. The van der Waals surface area contributed by atoms with Gasteiger partial charge >= 0.3 is 5.97 Å². The normalized spacial score (nSPS) is 47.0. The van der Waals surface area contributed by atoms with Gasteiger partial charge in [-0.25, -0.2) is 0 Å². The molecule has 0 bridgehead atoms. The molecule has 2 fully saturated rings. The Morgan fingerprint density at radius 2 is 2.17 bits per heavy atom. The van der Waals surface area contributed by atoms with Gasteiger partial charge in [0.15, 0.2) is 0 Å². The number of cyclic esters (lactones) is 1. The number of ether oxygens (including phenoxy) is 1. The molecule has 0 aromatic rings. The zero-order valence-corrected chi connectivity index (χ0v) is 9.68. The van der Waals surface area contributed by atoms with Crippen molar-refractivity contribution >= 4 is 37.8 Å². The molecule has 12 heavy (non-hydrogen) atoms.